The van der Waals surface area contributed by atoms with Crippen LogP contribution in [-0.2, 0) is 19.4 Å². The van der Waals surface area contributed by atoms with E-state index in [0.29, 0.717) is 12.8 Å². The molecule has 0 bridgehead atoms. The smallest absolute Gasteiger partial charge is 0.407 e. The molecule has 146 valence electrons. The Balaban J connectivity index is 2.63. The fourth-order valence-electron chi connectivity index (χ4n) is 2.45. The van der Waals surface area contributed by atoms with Gasteiger partial charge in [-0.25, -0.2) is 13.2 Å². The van der Waals surface area contributed by atoms with Crippen molar-refractivity contribution >= 4 is 21.7 Å². The predicted molar refractivity (Wildman–Crippen MR) is 101 cm³/mol. The van der Waals surface area contributed by atoms with Crippen molar-refractivity contribution in [3.8, 4) is 0 Å². The first kappa shape index (κ1) is 22.2. The summed E-state index contributed by atoms with van der Waals surface area (Å²) in [6.07, 6.45) is 0.788. The standard InChI is InChI=1S/C19H29NO5S/c1-5-10-17(26(23,24)15-11-7-6-8-12-15)16(21)13-9-14-20-18(22)25-19(2,3)4/h6-8,11-12,17H,5,9-10,13-14H2,1-4H3,(H,20,22). The van der Waals surface area contributed by atoms with Crippen molar-refractivity contribution in [2.75, 3.05) is 6.54 Å². The number of amides is 1. The van der Waals surface area contributed by atoms with Crippen LogP contribution >= 0.6 is 0 Å². The second-order valence-electron chi connectivity index (χ2n) is 7.13. The number of hydrogen-bond acceptors (Lipinski definition) is 5. The van der Waals surface area contributed by atoms with Crippen LogP contribution in [0.4, 0.5) is 4.79 Å². The minimum atomic E-state index is -3.70. The second kappa shape index (κ2) is 9.71. The van der Waals surface area contributed by atoms with Gasteiger partial charge in [-0.2, -0.15) is 0 Å². The van der Waals surface area contributed by atoms with E-state index in [1.54, 1.807) is 39.0 Å². The topological polar surface area (TPSA) is 89.5 Å². The highest BCUT2D eigenvalue weighted by Gasteiger charge is 2.32. The predicted octanol–water partition coefficient (Wildman–Crippen LogP) is 3.50. The first-order valence-electron chi connectivity index (χ1n) is 8.86. The fourth-order valence-corrected chi connectivity index (χ4v) is 4.33. The number of sulfone groups is 1. The van der Waals surface area contributed by atoms with E-state index < -0.39 is 26.8 Å². The Morgan fingerprint density at radius 1 is 1.15 bits per heavy atom. The third kappa shape index (κ3) is 7.15. The van der Waals surface area contributed by atoms with Crippen LogP contribution in [-0.4, -0.2) is 37.7 Å². The molecule has 0 saturated heterocycles. The first-order chi connectivity index (χ1) is 12.1. The number of nitrogens with one attached hydrogen (secondary N) is 1. The number of carbonyl (C=O) groups excluding carboxylic acids is 2. The zero-order chi connectivity index (χ0) is 19.8. The number of benzene rings is 1. The summed E-state index contributed by atoms with van der Waals surface area (Å²) in [5, 5.41) is 1.53. The molecule has 0 fully saturated rings. The van der Waals surface area contributed by atoms with Crippen LogP contribution in [0.3, 0.4) is 0 Å². The van der Waals surface area contributed by atoms with Gasteiger partial charge in [-0.1, -0.05) is 31.5 Å². The van der Waals surface area contributed by atoms with E-state index >= 15 is 0 Å². The maximum absolute atomic E-state index is 12.8. The Morgan fingerprint density at radius 2 is 1.77 bits per heavy atom. The van der Waals surface area contributed by atoms with Gasteiger partial charge < -0.3 is 10.1 Å². The molecule has 1 aromatic rings. The van der Waals surface area contributed by atoms with Gasteiger partial charge in [-0.3, -0.25) is 4.79 Å². The van der Waals surface area contributed by atoms with Gasteiger partial charge in [0.25, 0.3) is 0 Å². The Hall–Kier alpha value is -1.89. The molecule has 1 rings (SSSR count). The van der Waals surface area contributed by atoms with Crippen LogP contribution in [0.25, 0.3) is 0 Å². The number of carbonyl (C=O) groups is 2. The minimum absolute atomic E-state index is 0.0898. The summed E-state index contributed by atoms with van der Waals surface area (Å²) < 4.78 is 30.6. The van der Waals surface area contributed by atoms with Gasteiger partial charge in [0, 0.05) is 13.0 Å². The van der Waals surface area contributed by atoms with Crippen molar-refractivity contribution in [2.45, 2.75) is 69.1 Å². The average Bonchev–Trinajstić information content (AvgIpc) is 2.55. The first-order valence-corrected chi connectivity index (χ1v) is 10.4. The maximum atomic E-state index is 12.8. The van der Waals surface area contributed by atoms with Crippen LogP contribution in [0.15, 0.2) is 35.2 Å². The van der Waals surface area contributed by atoms with Gasteiger partial charge >= 0.3 is 6.09 Å². The quantitative estimate of drug-likeness (QED) is 0.659. The summed E-state index contributed by atoms with van der Waals surface area (Å²) in [5.41, 5.74) is -0.587. The van der Waals surface area contributed by atoms with Crippen LogP contribution in [0.2, 0.25) is 0 Å². The molecule has 0 aliphatic carbocycles. The number of Topliss-reactive ketones (excluding diaryl/α,β-unsaturated/α-hetero) is 1. The molecule has 1 amide bonds. The summed E-state index contributed by atoms with van der Waals surface area (Å²) in [7, 11) is -3.70. The average molecular weight is 384 g/mol. The van der Waals surface area contributed by atoms with Crippen molar-refractivity contribution in [2.24, 2.45) is 0 Å². The monoisotopic (exact) mass is 383 g/mol. The van der Waals surface area contributed by atoms with Gasteiger partial charge in [0.15, 0.2) is 15.6 Å². The summed E-state index contributed by atoms with van der Waals surface area (Å²) in [6, 6.07) is 8.04. The van der Waals surface area contributed by atoms with Crippen LogP contribution < -0.4 is 5.32 Å². The van der Waals surface area contributed by atoms with Gasteiger partial charge in [0.2, 0.25) is 0 Å². The Labute approximate surface area is 156 Å². The second-order valence-corrected chi connectivity index (χ2v) is 9.26. The highest BCUT2D eigenvalue weighted by atomic mass is 32.2. The van der Waals surface area contributed by atoms with Crippen LogP contribution in [0.1, 0.15) is 53.4 Å². The summed E-state index contributed by atoms with van der Waals surface area (Å²) in [6.45, 7) is 7.40. The lowest BCUT2D eigenvalue weighted by Crippen LogP contribution is -2.34. The summed E-state index contributed by atoms with van der Waals surface area (Å²) in [5.74, 6) is -0.318. The van der Waals surface area contributed by atoms with Crippen molar-refractivity contribution in [3.63, 3.8) is 0 Å². The molecular formula is C19H29NO5S. The lowest BCUT2D eigenvalue weighted by Gasteiger charge is -2.20. The molecule has 1 N–H and O–H groups in total. The number of ketones is 1. The normalized spacial score (nSPS) is 13.1. The SMILES string of the molecule is CCCC(C(=O)CCCNC(=O)OC(C)(C)C)S(=O)(=O)c1ccccc1. The molecule has 1 unspecified atom stereocenters. The third-order valence-corrected chi connectivity index (χ3v) is 5.80. The highest BCUT2D eigenvalue weighted by molar-refractivity contribution is 7.92. The molecule has 26 heavy (non-hydrogen) atoms. The Morgan fingerprint density at radius 3 is 2.31 bits per heavy atom. The van der Waals surface area contributed by atoms with E-state index in [-0.39, 0.29) is 30.1 Å². The van der Waals surface area contributed by atoms with E-state index in [1.807, 2.05) is 6.92 Å². The Bertz CT molecular complexity index is 692. The van der Waals surface area contributed by atoms with E-state index in [2.05, 4.69) is 5.32 Å². The number of alkyl carbamates (subject to hydrolysis) is 1. The van der Waals surface area contributed by atoms with E-state index in [9.17, 15) is 18.0 Å². The zero-order valence-corrected chi connectivity index (χ0v) is 16.8. The number of rotatable bonds is 9. The van der Waals surface area contributed by atoms with Gasteiger partial charge in [-0.15, -0.1) is 0 Å². The molecular weight excluding hydrogens is 354 g/mol. The van der Waals surface area contributed by atoms with E-state index in [1.165, 1.54) is 12.1 Å². The third-order valence-electron chi connectivity index (χ3n) is 3.62. The molecule has 0 aliphatic rings. The molecule has 1 atom stereocenters. The van der Waals surface area contributed by atoms with E-state index in [4.69, 9.17) is 4.74 Å². The van der Waals surface area contributed by atoms with Crippen molar-refractivity contribution in [1.29, 1.82) is 0 Å². The lowest BCUT2D eigenvalue weighted by atomic mass is 10.1. The van der Waals surface area contributed by atoms with Crippen molar-refractivity contribution in [1.82, 2.24) is 5.32 Å². The van der Waals surface area contributed by atoms with Crippen LogP contribution in [0, 0.1) is 0 Å². The maximum Gasteiger partial charge on any atom is 0.407 e. The molecule has 0 aliphatic heterocycles. The summed E-state index contributed by atoms with van der Waals surface area (Å²) >= 11 is 0. The summed E-state index contributed by atoms with van der Waals surface area (Å²) in [4.78, 5) is 24.2. The lowest BCUT2D eigenvalue weighted by molar-refractivity contribution is -0.118. The molecule has 0 heterocycles. The minimum Gasteiger partial charge on any atom is -0.444 e. The molecule has 6 nitrogen and oxygen atoms in total. The molecule has 0 saturated carbocycles. The molecule has 0 radical (unpaired) electrons. The number of hydrogen-bond donors (Lipinski definition) is 1. The largest absolute Gasteiger partial charge is 0.444 e. The molecule has 0 spiro atoms. The molecule has 1 aromatic carbocycles. The van der Waals surface area contributed by atoms with Crippen molar-refractivity contribution in [3.05, 3.63) is 30.3 Å². The van der Waals surface area contributed by atoms with Crippen molar-refractivity contribution < 1.29 is 22.7 Å². The van der Waals surface area contributed by atoms with E-state index in [0.717, 1.165) is 0 Å². The van der Waals surface area contributed by atoms with Gasteiger partial charge in [0.1, 0.15) is 10.9 Å². The molecule has 0 aromatic heterocycles. The molecule has 7 heteroatoms. The number of ether oxygens (including phenoxy) is 1. The van der Waals surface area contributed by atoms with Gasteiger partial charge in [-0.05, 0) is 45.7 Å². The highest BCUT2D eigenvalue weighted by Crippen LogP contribution is 2.21. The zero-order valence-electron chi connectivity index (χ0n) is 15.9. The Kier molecular flexibility index (Phi) is 8.27. The van der Waals surface area contributed by atoms with Crippen LogP contribution in [0.5, 0.6) is 0 Å². The van der Waals surface area contributed by atoms with Gasteiger partial charge in [0.05, 0.1) is 4.90 Å². The fraction of sp³-hybridized carbons (Fsp3) is 0.579.